The largest absolute Gasteiger partial charge is 0.321 e. The maximum absolute atomic E-state index is 12.3. The van der Waals surface area contributed by atoms with Gasteiger partial charge in [0, 0.05) is 10.2 Å². The fraction of sp³-hybridized carbons (Fsp3) is 0.0526. The zero-order valence-corrected chi connectivity index (χ0v) is 17.9. The van der Waals surface area contributed by atoms with Gasteiger partial charge in [0.15, 0.2) is 0 Å². The van der Waals surface area contributed by atoms with E-state index in [1.807, 2.05) is 11.4 Å². The van der Waals surface area contributed by atoms with E-state index in [1.54, 1.807) is 49.4 Å². The number of carbonyl (C=O) groups excluding carboxylic acids is 1. The Labute approximate surface area is 175 Å². The van der Waals surface area contributed by atoms with Crippen LogP contribution in [0.3, 0.4) is 0 Å². The lowest BCUT2D eigenvalue weighted by atomic mass is 10.1. The summed E-state index contributed by atoms with van der Waals surface area (Å²) in [7, 11) is -3.74. The third-order valence-electron chi connectivity index (χ3n) is 3.76. The number of hydrazone groups is 1. The second kappa shape index (κ2) is 8.68. The first-order valence-corrected chi connectivity index (χ1v) is 11.3. The van der Waals surface area contributed by atoms with Crippen molar-refractivity contribution >= 4 is 54.6 Å². The molecule has 0 radical (unpaired) electrons. The summed E-state index contributed by atoms with van der Waals surface area (Å²) in [5.74, 6) is -0.171. The molecule has 0 fully saturated rings. The van der Waals surface area contributed by atoms with E-state index in [1.165, 1.54) is 23.5 Å². The monoisotopic (exact) mass is 477 g/mol. The van der Waals surface area contributed by atoms with Crippen molar-refractivity contribution in [1.82, 2.24) is 4.83 Å². The molecule has 3 rings (SSSR count). The Hall–Kier alpha value is -2.49. The summed E-state index contributed by atoms with van der Waals surface area (Å²) in [6.07, 6.45) is 0. The first kappa shape index (κ1) is 20.2. The summed E-state index contributed by atoms with van der Waals surface area (Å²) in [5.41, 5.74) is 1.87. The normalized spacial score (nSPS) is 11.9. The number of amides is 1. The second-order valence-electron chi connectivity index (χ2n) is 5.75. The van der Waals surface area contributed by atoms with Crippen molar-refractivity contribution in [3.8, 4) is 0 Å². The molecular formula is C19H16BrN3O3S2. The Morgan fingerprint density at radius 3 is 2.32 bits per heavy atom. The molecule has 3 aromatic rings. The van der Waals surface area contributed by atoms with Crippen LogP contribution in [-0.2, 0) is 10.0 Å². The predicted molar refractivity (Wildman–Crippen MR) is 115 cm³/mol. The van der Waals surface area contributed by atoms with E-state index >= 15 is 0 Å². The van der Waals surface area contributed by atoms with Crippen LogP contribution in [0, 0.1) is 0 Å². The van der Waals surface area contributed by atoms with Gasteiger partial charge in [-0.25, -0.2) is 0 Å². The van der Waals surface area contributed by atoms with Crippen LogP contribution >= 0.6 is 27.3 Å². The van der Waals surface area contributed by atoms with Gasteiger partial charge < -0.3 is 5.32 Å². The Morgan fingerprint density at radius 2 is 1.71 bits per heavy atom. The van der Waals surface area contributed by atoms with Gasteiger partial charge in [0.05, 0.1) is 15.5 Å². The summed E-state index contributed by atoms with van der Waals surface area (Å²) in [5, 5.41) is 8.63. The highest BCUT2D eigenvalue weighted by Gasteiger charge is 2.13. The lowest BCUT2D eigenvalue weighted by Gasteiger charge is -2.07. The molecule has 0 saturated carbocycles. The van der Waals surface area contributed by atoms with Crippen LogP contribution in [0.1, 0.15) is 22.2 Å². The standard InChI is InChI=1S/C19H16BrN3O3S2/c1-13(22-23-28(25,26)17-10-6-15(20)7-11-17)14-4-8-16(9-5-14)21-19(24)18-3-2-12-27-18/h2-12,23H,1H3,(H,21,24). The third kappa shape index (κ3) is 5.06. The van der Waals surface area contributed by atoms with E-state index in [9.17, 15) is 13.2 Å². The van der Waals surface area contributed by atoms with Crippen LogP contribution in [0.4, 0.5) is 5.69 Å². The van der Waals surface area contributed by atoms with E-state index in [0.717, 1.165) is 10.0 Å². The quantitative estimate of drug-likeness (QED) is 0.405. The molecule has 1 amide bonds. The van der Waals surface area contributed by atoms with Crippen molar-refractivity contribution in [2.75, 3.05) is 5.32 Å². The minimum atomic E-state index is -3.74. The van der Waals surface area contributed by atoms with Gasteiger partial charge in [0.1, 0.15) is 0 Å². The van der Waals surface area contributed by atoms with Crippen LogP contribution in [0.5, 0.6) is 0 Å². The summed E-state index contributed by atoms with van der Waals surface area (Å²) in [4.78, 5) is 15.0. The number of halogens is 1. The molecule has 6 nitrogen and oxygen atoms in total. The Morgan fingerprint density at radius 1 is 1.04 bits per heavy atom. The molecule has 0 spiro atoms. The number of sulfonamides is 1. The molecule has 144 valence electrons. The smallest absolute Gasteiger partial charge is 0.276 e. The predicted octanol–water partition coefficient (Wildman–Crippen LogP) is 4.47. The van der Waals surface area contributed by atoms with E-state index < -0.39 is 10.0 Å². The molecule has 0 aliphatic carbocycles. The molecule has 0 saturated heterocycles. The molecule has 0 atom stereocenters. The molecule has 28 heavy (non-hydrogen) atoms. The van der Waals surface area contributed by atoms with Crippen molar-refractivity contribution in [1.29, 1.82) is 0 Å². The fourth-order valence-electron chi connectivity index (χ4n) is 2.25. The molecule has 1 heterocycles. The second-order valence-corrected chi connectivity index (χ2v) is 9.28. The number of rotatable bonds is 6. The average molecular weight is 478 g/mol. The van der Waals surface area contributed by atoms with Crippen LogP contribution in [-0.4, -0.2) is 20.0 Å². The van der Waals surface area contributed by atoms with Gasteiger partial charge in [-0.1, -0.05) is 34.1 Å². The lowest BCUT2D eigenvalue weighted by Crippen LogP contribution is -2.20. The number of carbonyl (C=O) groups is 1. The minimum absolute atomic E-state index is 0.124. The van der Waals surface area contributed by atoms with Crippen LogP contribution < -0.4 is 10.1 Å². The first-order chi connectivity index (χ1) is 13.3. The maximum Gasteiger partial charge on any atom is 0.276 e. The zero-order valence-electron chi connectivity index (χ0n) is 14.7. The summed E-state index contributed by atoms with van der Waals surface area (Å²) in [6, 6.07) is 16.8. The topological polar surface area (TPSA) is 87.6 Å². The number of hydrogen-bond donors (Lipinski definition) is 2. The number of benzene rings is 2. The first-order valence-electron chi connectivity index (χ1n) is 8.12. The number of hydrogen-bond acceptors (Lipinski definition) is 5. The molecule has 0 unspecified atom stereocenters. The summed E-state index contributed by atoms with van der Waals surface area (Å²) >= 11 is 4.64. The highest BCUT2D eigenvalue weighted by atomic mass is 79.9. The van der Waals surface area contributed by atoms with Crippen molar-refractivity contribution < 1.29 is 13.2 Å². The van der Waals surface area contributed by atoms with Crippen molar-refractivity contribution in [2.45, 2.75) is 11.8 Å². The Kier molecular flexibility index (Phi) is 6.28. The Balaban J connectivity index is 1.67. The highest BCUT2D eigenvalue weighted by molar-refractivity contribution is 9.10. The third-order valence-corrected chi connectivity index (χ3v) is 6.38. The van der Waals surface area contributed by atoms with Gasteiger partial charge in [-0.15, -0.1) is 11.3 Å². The van der Waals surface area contributed by atoms with Gasteiger partial charge in [-0.3, -0.25) is 4.79 Å². The van der Waals surface area contributed by atoms with Crippen LogP contribution in [0.15, 0.2) is 80.5 Å². The molecule has 2 N–H and O–H groups in total. The Bertz CT molecular complexity index is 1090. The van der Waals surface area contributed by atoms with E-state index in [0.29, 0.717) is 16.3 Å². The van der Waals surface area contributed by atoms with Crippen molar-refractivity contribution in [3.63, 3.8) is 0 Å². The molecular weight excluding hydrogens is 462 g/mol. The van der Waals surface area contributed by atoms with E-state index in [4.69, 9.17) is 0 Å². The SMILES string of the molecule is CC(=NNS(=O)(=O)c1ccc(Br)cc1)c1ccc(NC(=O)c2cccs2)cc1. The van der Waals surface area contributed by atoms with Crippen molar-refractivity contribution in [2.24, 2.45) is 5.10 Å². The number of anilines is 1. The minimum Gasteiger partial charge on any atom is -0.321 e. The van der Waals surface area contributed by atoms with Crippen LogP contribution in [0.2, 0.25) is 0 Å². The molecule has 9 heteroatoms. The maximum atomic E-state index is 12.3. The lowest BCUT2D eigenvalue weighted by molar-refractivity contribution is 0.103. The molecule has 0 bridgehead atoms. The number of thiophene rings is 1. The van der Waals surface area contributed by atoms with Crippen molar-refractivity contribution in [3.05, 3.63) is 81.0 Å². The van der Waals surface area contributed by atoms with Gasteiger partial charge in [-0.2, -0.15) is 18.4 Å². The fourth-order valence-corrected chi connectivity index (χ4v) is 3.99. The number of nitrogens with one attached hydrogen (secondary N) is 2. The molecule has 1 aromatic heterocycles. The van der Waals surface area contributed by atoms with Gasteiger partial charge >= 0.3 is 0 Å². The van der Waals surface area contributed by atoms with Gasteiger partial charge in [-0.05, 0) is 60.3 Å². The zero-order chi connectivity index (χ0) is 20.1. The highest BCUT2D eigenvalue weighted by Crippen LogP contribution is 2.16. The number of nitrogens with zero attached hydrogens (tertiary/aromatic N) is 1. The van der Waals surface area contributed by atoms with E-state index in [2.05, 4.69) is 31.2 Å². The van der Waals surface area contributed by atoms with E-state index in [-0.39, 0.29) is 10.8 Å². The molecule has 2 aromatic carbocycles. The summed E-state index contributed by atoms with van der Waals surface area (Å²) < 4.78 is 25.4. The molecule has 0 aliphatic rings. The average Bonchev–Trinajstić information content (AvgIpc) is 3.22. The van der Waals surface area contributed by atoms with Gasteiger partial charge in [0.25, 0.3) is 15.9 Å². The molecule has 0 aliphatic heterocycles. The van der Waals surface area contributed by atoms with Crippen LogP contribution in [0.25, 0.3) is 0 Å². The summed E-state index contributed by atoms with van der Waals surface area (Å²) in [6.45, 7) is 1.70. The van der Waals surface area contributed by atoms with Gasteiger partial charge in [0.2, 0.25) is 0 Å².